The zero-order chi connectivity index (χ0) is 24.5. The smallest absolute Gasteiger partial charge is 0.224 e. The number of aliphatic hydroxyl groups excluding tert-OH is 1. The predicted molar refractivity (Wildman–Crippen MR) is 140 cm³/mol. The van der Waals surface area contributed by atoms with Crippen molar-refractivity contribution in [1.29, 1.82) is 0 Å². The Hall–Kier alpha value is -1.25. The van der Waals surface area contributed by atoms with E-state index in [9.17, 15) is 9.32 Å². The molecule has 186 valence electrons. The van der Waals surface area contributed by atoms with Gasteiger partial charge in [0.15, 0.2) is 0 Å². The van der Waals surface area contributed by atoms with Crippen molar-refractivity contribution < 1.29 is 9.32 Å². The van der Waals surface area contributed by atoms with Crippen LogP contribution in [-0.4, -0.2) is 37.1 Å². The van der Waals surface area contributed by atoms with Crippen LogP contribution >= 0.6 is 23.2 Å². The number of rotatable bonds is 7. The first-order valence-corrected chi connectivity index (χ1v) is 14.0. The summed E-state index contributed by atoms with van der Waals surface area (Å²) >= 11 is 13.0. The molecule has 9 heteroatoms. The molecule has 34 heavy (non-hydrogen) atoms. The molecule has 0 amide bonds. The summed E-state index contributed by atoms with van der Waals surface area (Å²) in [5.41, 5.74) is 3.37. The molecule has 2 aromatic rings. The topological polar surface area (TPSA) is 92.3 Å². The molecule has 0 saturated carbocycles. The second-order valence-electron chi connectivity index (χ2n) is 10.3. The molecule has 3 N–H and O–H groups in total. The average Bonchev–Trinajstić information content (AvgIpc) is 2.95. The molecule has 0 spiro atoms. The summed E-state index contributed by atoms with van der Waals surface area (Å²) in [6, 6.07) is 6.00. The fourth-order valence-electron chi connectivity index (χ4n) is 5.78. The monoisotopic (exact) mass is 524 g/mol. The van der Waals surface area contributed by atoms with Gasteiger partial charge in [0, 0.05) is 35.5 Å². The van der Waals surface area contributed by atoms with E-state index < -0.39 is 15.7 Å². The Labute approximate surface area is 214 Å². The zero-order valence-corrected chi connectivity index (χ0v) is 22.3. The lowest BCUT2D eigenvalue weighted by molar-refractivity contribution is 0.276. The van der Waals surface area contributed by atoms with E-state index in [1.807, 2.05) is 26.0 Å². The Morgan fingerprint density at radius 1 is 1.18 bits per heavy atom. The van der Waals surface area contributed by atoms with Gasteiger partial charge in [0.05, 0.1) is 28.0 Å². The number of aliphatic hydroxyl groups is 1. The van der Waals surface area contributed by atoms with Gasteiger partial charge in [0.25, 0.3) is 0 Å². The molecule has 1 aromatic carbocycles. The van der Waals surface area contributed by atoms with Gasteiger partial charge < -0.3 is 10.0 Å². The van der Waals surface area contributed by atoms with Crippen molar-refractivity contribution in [2.24, 2.45) is 5.14 Å². The lowest BCUT2D eigenvalue weighted by atomic mass is 9.71. The SMILES string of the molecule is CC(C)(C[C@@]1(Cc2nc(Cl)nc(N3CCCCCC3)c2CO)CCc2c(Cl)cccc21)S(N)=O. The predicted octanol–water partition coefficient (Wildman–Crippen LogP) is 4.87. The van der Waals surface area contributed by atoms with E-state index in [1.165, 1.54) is 12.8 Å². The second-order valence-corrected chi connectivity index (χ2v) is 12.7. The molecule has 0 radical (unpaired) electrons. The van der Waals surface area contributed by atoms with Crippen molar-refractivity contribution in [3.05, 3.63) is 50.9 Å². The third-order valence-corrected chi connectivity index (χ3v) is 9.22. The second kappa shape index (κ2) is 10.4. The molecule has 1 unspecified atom stereocenters. The molecule has 2 atom stereocenters. The van der Waals surface area contributed by atoms with E-state index in [-0.39, 0.29) is 17.3 Å². The van der Waals surface area contributed by atoms with Crippen LogP contribution in [0.2, 0.25) is 10.3 Å². The van der Waals surface area contributed by atoms with E-state index in [1.54, 1.807) is 0 Å². The Bertz CT molecular complexity index is 1070. The van der Waals surface area contributed by atoms with Crippen LogP contribution in [0.3, 0.4) is 0 Å². The highest BCUT2D eigenvalue weighted by molar-refractivity contribution is 7.84. The van der Waals surface area contributed by atoms with E-state index in [0.717, 1.165) is 72.0 Å². The van der Waals surface area contributed by atoms with Gasteiger partial charge in [-0.3, -0.25) is 5.14 Å². The fourth-order valence-corrected chi connectivity index (χ4v) is 6.65. The van der Waals surface area contributed by atoms with Crippen molar-refractivity contribution in [3.63, 3.8) is 0 Å². The highest BCUT2D eigenvalue weighted by Gasteiger charge is 2.45. The van der Waals surface area contributed by atoms with Crippen LogP contribution in [0.1, 0.15) is 74.8 Å². The number of nitrogens with two attached hydrogens (primary N) is 1. The number of fused-ring (bicyclic) bond motifs is 1. The van der Waals surface area contributed by atoms with Crippen molar-refractivity contribution in [1.82, 2.24) is 9.97 Å². The molecule has 1 aliphatic heterocycles. The summed E-state index contributed by atoms with van der Waals surface area (Å²) in [6.45, 7) is 5.50. The number of anilines is 1. The summed E-state index contributed by atoms with van der Waals surface area (Å²) in [5, 5.41) is 17.3. The van der Waals surface area contributed by atoms with Crippen LogP contribution in [0.15, 0.2) is 18.2 Å². The molecule has 6 nitrogen and oxygen atoms in total. The first kappa shape index (κ1) is 25.8. The number of hydrogen-bond acceptors (Lipinski definition) is 5. The van der Waals surface area contributed by atoms with Crippen molar-refractivity contribution >= 4 is 40.0 Å². The van der Waals surface area contributed by atoms with Crippen LogP contribution in [0.5, 0.6) is 0 Å². The van der Waals surface area contributed by atoms with Gasteiger partial charge in [-0.05, 0) is 74.7 Å². The van der Waals surface area contributed by atoms with Crippen LogP contribution in [-0.2, 0) is 35.8 Å². The lowest BCUT2D eigenvalue weighted by Crippen LogP contribution is -2.41. The van der Waals surface area contributed by atoms with Gasteiger partial charge in [-0.2, -0.15) is 0 Å². The molecule has 1 aliphatic carbocycles. The van der Waals surface area contributed by atoms with Crippen LogP contribution in [0, 0.1) is 0 Å². The summed E-state index contributed by atoms with van der Waals surface area (Å²) < 4.78 is 11.8. The van der Waals surface area contributed by atoms with Crippen molar-refractivity contribution in [2.75, 3.05) is 18.0 Å². The first-order valence-electron chi connectivity index (χ1n) is 12.0. The Morgan fingerprint density at radius 2 is 1.88 bits per heavy atom. The molecule has 2 heterocycles. The fraction of sp³-hybridized carbons (Fsp3) is 0.600. The zero-order valence-electron chi connectivity index (χ0n) is 19.9. The quantitative estimate of drug-likeness (QED) is 0.503. The van der Waals surface area contributed by atoms with Crippen molar-refractivity contribution in [3.8, 4) is 0 Å². The minimum Gasteiger partial charge on any atom is -0.391 e. The number of halogens is 2. The van der Waals surface area contributed by atoms with E-state index in [2.05, 4.69) is 20.9 Å². The molecule has 1 saturated heterocycles. The van der Waals surface area contributed by atoms with Gasteiger partial charge in [-0.25, -0.2) is 14.2 Å². The number of hydrogen-bond donors (Lipinski definition) is 2. The van der Waals surface area contributed by atoms with Gasteiger partial charge in [-0.1, -0.05) is 36.6 Å². The first-order chi connectivity index (χ1) is 16.2. The maximum atomic E-state index is 12.5. The Kier molecular flexibility index (Phi) is 7.89. The maximum Gasteiger partial charge on any atom is 0.224 e. The van der Waals surface area contributed by atoms with Crippen LogP contribution in [0.4, 0.5) is 5.82 Å². The molecule has 4 rings (SSSR count). The lowest BCUT2D eigenvalue weighted by Gasteiger charge is -2.38. The molecule has 1 aromatic heterocycles. The summed E-state index contributed by atoms with van der Waals surface area (Å²) in [7, 11) is -1.51. The Balaban J connectivity index is 1.82. The summed E-state index contributed by atoms with van der Waals surface area (Å²) in [5.74, 6) is 0.737. The minimum absolute atomic E-state index is 0.164. The highest BCUT2D eigenvalue weighted by atomic mass is 35.5. The van der Waals surface area contributed by atoms with Crippen LogP contribution in [0.25, 0.3) is 0 Å². The number of benzene rings is 1. The molecular formula is C25H34Cl2N4O2S. The normalized spacial score (nSPS) is 21.9. The molecule has 2 aliphatic rings. The third-order valence-electron chi connectivity index (χ3n) is 7.47. The average molecular weight is 526 g/mol. The largest absolute Gasteiger partial charge is 0.391 e. The van der Waals surface area contributed by atoms with Gasteiger partial charge in [0.2, 0.25) is 5.28 Å². The van der Waals surface area contributed by atoms with Gasteiger partial charge in [0.1, 0.15) is 5.82 Å². The minimum atomic E-state index is -1.51. The summed E-state index contributed by atoms with van der Waals surface area (Å²) in [4.78, 5) is 11.4. The summed E-state index contributed by atoms with van der Waals surface area (Å²) in [6.07, 6.45) is 7.38. The van der Waals surface area contributed by atoms with E-state index in [4.69, 9.17) is 28.3 Å². The highest BCUT2D eigenvalue weighted by Crippen LogP contribution is 2.49. The molecule has 0 bridgehead atoms. The van der Waals surface area contributed by atoms with Crippen molar-refractivity contribution in [2.45, 2.75) is 82.0 Å². The van der Waals surface area contributed by atoms with E-state index >= 15 is 0 Å². The molecular weight excluding hydrogens is 491 g/mol. The van der Waals surface area contributed by atoms with E-state index in [0.29, 0.717) is 12.8 Å². The Morgan fingerprint density at radius 3 is 2.53 bits per heavy atom. The van der Waals surface area contributed by atoms with Gasteiger partial charge >= 0.3 is 0 Å². The van der Waals surface area contributed by atoms with Crippen LogP contribution < -0.4 is 10.0 Å². The van der Waals surface area contributed by atoms with Gasteiger partial charge in [-0.15, -0.1) is 0 Å². The number of aromatic nitrogens is 2. The third kappa shape index (κ3) is 5.14. The molecule has 1 fully saturated rings. The maximum absolute atomic E-state index is 12.5. The number of nitrogens with zero attached hydrogens (tertiary/aromatic N) is 3. The standard InChI is InChI=1S/C25H34Cl2N4O2S/c1-24(2,34(28)33)16-25(11-10-17-19(25)8-7-9-20(17)26)14-21-18(15-32)22(30-23(27)29-21)31-12-5-3-4-6-13-31/h7-9,32H,3-6,10-16,28H2,1-2H3/t25-,34?/m0/s1.